The van der Waals surface area contributed by atoms with Gasteiger partial charge in [-0.25, -0.2) is 18.6 Å². The molecule has 0 unspecified atom stereocenters. The van der Waals surface area contributed by atoms with Gasteiger partial charge in [0, 0.05) is 11.9 Å². The van der Waals surface area contributed by atoms with Gasteiger partial charge in [-0.1, -0.05) is 11.6 Å². The zero-order chi connectivity index (χ0) is 18.1. The summed E-state index contributed by atoms with van der Waals surface area (Å²) >= 11 is 5.72. The van der Waals surface area contributed by atoms with Crippen molar-refractivity contribution in [3.05, 3.63) is 69.1 Å². The van der Waals surface area contributed by atoms with E-state index in [1.54, 1.807) is 6.92 Å². The summed E-state index contributed by atoms with van der Waals surface area (Å²) < 4.78 is 33.2. The monoisotopic (exact) mass is 364 g/mol. The zero-order valence-corrected chi connectivity index (χ0v) is 13.7. The molecule has 0 aliphatic rings. The number of carbonyl (C=O) groups is 1. The maximum Gasteiger partial charge on any atom is 0.343 e. The first-order valence-electron chi connectivity index (χ1n) is 7.27. The molecule has 128 valence electrons. The van der Waals surface area contributed by atoms with Crippen molar-refractivity contribution in [2.24, 2.45) is 0 Å². The SMILES string of the molecule is CCOC(=O)c1cn(-c2ccc(F)cc2)c2nc(Cl)c(F)cc2c1=O. The van der Waals surface area contributed by atoms with Crippen LogP contribution in [0.25, 0.3) is 16.7 Å². The predicted molar refractivity (Wildman–Crippen MR) is 88.2 cm³/mol. The summed E-state index contributed by atoms with van der Waals surface area (Å²) in [5.41, 5.74) is -0.569. The minimum atomic E-state index is -0.891. The van der Waals surface area contributed by atoms with E-state index < -0.39 is 28.2 Å². The number of nitrogens with zero attached hydrogens (tertiary/aromatic N) is 2. The minimum absolute atomic E-state index is 0.0380. The molecule has 2 aromatic heterocycles. The highest BCUT2D eigenvalue weighted by Gasteiger charge is 2.19. The van der Waals surface area contributed by atoms with E-state index in [9.17, 15) is 18.4 Å². The van der Waals surface area contributed by atoms with Gasteiger partial charge in [0.15, 0.2) is 11.0 Å². The van der Waals surface area contributed by atoms with Gasteiger partial charge in [-0.3, -0.25) is 4.79 Å². The fourth-order valence-corrected chi connectivity index (χ4v) is 2.49. The second kappa shape index (κ2) is 6.60. The fraction of sp³-hybridized carbons (Fsp3) is 0.118. The number of aromatic nitrogens is 2. The maximum absolute atomic E-state index is 13.8. The minimum Gasteiger partial charge on any atom is -0.462 e. The van der Waals surface area contributed by atoms with E-state index in [4.69, 9.17) is 16.3 Å². The normalized spacial score (nSPS) is 10.9. The Hall–Kier alpha value is -2.80. The van der Waals surface area contributed by atoms with Crippen LogP contribution in [0.4, 0.5) is 8.78 Å². The molecular weight excluding hydrogens is 354 g/mol. The van der Waals surface area contributed by atoms with Crippen molar-refractivity contribution >= 4 is 28.6 Å². The number of halogens is 3. The van der Waals surface area contributed by atoms with Crippen LogP contribution in [0.2, 0.25) is 5.15 Å². The lowest BCUT2D eigenvalue weighted by Crippen LogP contribution is -2.21. The van der Waals surface area contributed by atoms with Gasteiger partial charge in [0.1, 0.15) is 17.0 Å². The first-order valence-corrected chi connectivity index (χ1v) is 7.64. The number of ether oxygens (including phenoxy) is 1. The molecule has 0 bridgehead atoms. The summed E-state index contributed by atoms with van der Waals surface area (Å²) in [4.78, 5) is 28.5. The van der Waals surface area contributed by atoms with Crippen molar-refractivity contribution in [3.8, 4) is 5.69 Å². The number of hydrogen-bond donors (Lipinski definition) is 0. The lowest BCUT2D eigenvalue weighted by atomic mass is 10.1. The Labute approximate surface area is 145 Å². The quantitative estimate of drug-likeness (QED) is 0.527. The molecule has 0 saturated carbocycles. The Morgan fingerprint density at radius 3 is 2.60 bits per heavy atom. The second-order valence-corrected chi connectivity index (χ2v) is 5.43. The molecule has 0 aliphatic heterocycles. The molecular formula is C17H11ClF2N2O3. The van der Waals surface area contributed by atoms with Crippen molar-refractivity contribution < 1.29 is 18.3 Å². The average molecular weight is 365 g/mol. The van der Waals surface area contributed by atoms with Crippen LogP contribution in [0.5, 0.6) is 0 Å². The molecule has 0 saturated heterocycles. The third-order valence-electron chi connectivity index (χ3n) is 3.49. The van der Waals surface area contributed by atoms with E-state index in [0.717, 1.165) is 6.07 Å². The van der Waals surface area contributed by atoms with Gasteiger partial charge in [0.05, 0.1) is 12.0 Å². The summed E-state index contributed by atoms with van der Waals surface area (Å²) in [5.74, 6) is -2.20. The topological polar surface area (TPSA) is 61.2 Å². The molecule has 0 N–H and O–H groups in total. The van der Waals surface area contributed by atoms with Crippen LogP contribution in [0, 0.1) is 11.6 Å². The summed E-state index contributed by atoms with van der Waals surface area (Å²) in [6, 6.07) is 6.17. The standard InChI is InChI=1S/C17H11ClF2N2O3/c1-2-25-17(24)12-8-22(10-5-3-9(19)4-6-10)16-11(14(12)23)7-13(20)15(18)21-16/h3-8H,2H2,1H3. The molecule has 3 rings (SSSR count). The molecule has 0 radical (unpaired) electrons. The van der Waals surface area contributed by atoms with Crippen molar-refractivity contribution in [2.75, 3.05) is 6.61 Å². The average Bonchev–Trinajstić information content (AvgIpc) is 2.58. The van der Waals surface area contributed by atoms with Crippen LogP contribution >= 0.6 is 11.6 Å². The van der Waals surface area contributed by atoms with Crippen molar-refractivity contribution in [3.63, 3.8) is 0 Å². The van der Waals surface area contributed by atoms with E-state index in [2.05, 4.69) is 4.98 Å². The Morgan fingerprint density at radius 2 is 1.96 bits per heavy atom. The Kier molecular flexibility index (Phi) is 4.50. The summed E-state index contributed by atoms with van der Waals surface area (Å²) in [5, 5.41) is -0.566. The highest BCUT2D eigenvalue weighted by Crippen LogP contribution is 2.21. The molecule has 2 heterocycles. The number of esters is 1. The van der Waals surface area contributed by atoms with Gasteiger partial charge in [0.25, 0.3) is 0 Å². The van der Waals surface area contributed by atoms with Crippen molar-refractivity contribution in [1.82, 2.24) is 9.55 Å². The Balaban J connectivity index is 2.39. The lowest BCUT2D eigenvalue weighted by molar-refractivity contribution is 0.0524. The second-order valence-electron chi connectivity index (χ2n) is 5.07. The van der Waals surface area contributed by atoms with E-state index >= 15 is 0 Å². The number of rotatable bonds is 3. The molecule has 0 atom stereocenters. The third kappa shape index (κ3) is 3.10. The summed E-state index contributed by atoms with van der Waals surface area (Å²) in [6.07, 6.45) is 1.22. The molecule has 0 amide bonds. The molecule has 0 spiro atoms. The number of hydrogen-bond acceptors (Lipinski definition) is 4. The molecule has 3 aromatic rings. The zero-order valence-electron chi connectivity index (χ0n) is 12.9. The third-order valence-corrected chi connectivity index (χ3v) is 3.75. The van der Waals surface area contributed by atoms with Gasteiger partial charge in [-0.05, 0) is 37.3 Å². The Bertz CT molecular complexity index is 1030. The van der Waals surface area contributed by atoms with Crippen LogP contribution < -0.4 is 5.43 Å². The van der Waals surface area contributed by atoms with Gasteiger partial charge in [-0.15, -0.1) is 0 Å². The molecule has 0 aliphatic carbocycles. The lowest BCUT2D eigenvalue weighted by Gasteiger charge is -2.13. The van der Waals surface area contributed by atoms with Crippen LogP contribution in [0.1, 0.15) is 17.3 Å². The number of benzene rings is 1. The predicted octanol–water partition coefficient (Wildman–Crippen LogP) is 3.49. The maximum atomic E-state index is 13.8. The highest BCUT2D eigenvalue weighted by atomic mass is 35.5. The van der Waals surface area contributed by atoms with Crippen LogP contribution in [-0.4, -0.2) is 22.1 Å². The van der Waals surface area contributed by atoms with E-state index in [1.165, 1.54) is 35.0 Å². The van der Waals surface area contributed by atoms with Crippen molar-refractivity contribution in [1.29, 1.82) is 0 Å². The Morgan fingerprint density at radius 1 is 1.28 bits per heavy atom. The van der Waals surface area contributed by atoms with Gasteiger partial charge in [-0.2, -0.15) is 0 Å². The van der Waals surface area contributed by atoms with E-state index in [1.807, 2.05) is 0 Å². The summed E-state index contributed by atoms with van der Waals surface area (Å²) in [6.45, 7) is 1.67. The molecule has 8 heteroatoms. The number of carbonyl (C=O) groups excluding carboxylic acids is 1. The molecule has 5 nitrogen and oxygen atoms in total. The summed E-state index contributed by atoms with van der Waals surface area (Å²) in [7, 11) is 0. The largest absolute Gasteiger partial charge is 0.462 e. The first-order chi connectivity index (χ1) is 11.9. The van der Waals surface area contributed by atoms with Gasteiger partial charge < -0.3 is 9.30 Å². The fourth-order valence-electron chi connectivity index (χ4n) is 2.35. The van der Waals surface area contributed by atoms with Gasteiger partial charge in [0.2, 0.25) is 5.43 Å². The molecule has 1 aromatic carbocycles. The van der Waals surface area contributed by atoms with Gasteiger partial charge >= 0.3 is 5.97 Å². The van der Waals surface area contributed by atoms with E-state index in [0.29, 0.717) is 5.69 Å². The van der Waals surface area contributed by atoms with Crippen molar-refractivity contribution in [2.45, 2.75) is 6.92 Å². The van der Waals surface area contributed by atoms with E-state index in [-0.39, 0.29) is 23.2 Å². The molecule has 0 fully saturated rings. The van der Waals surface area contributed by atoms with Crippen LogP contribution in [-0.2, 0) is 4.74 Å². The number of fused-ring (bicyclic) bond motifs is 1. The van der Waals surface area contributed by atoms with Crippen LogP contribution in [0.15, 0.2) is 41.3 Å². The molecule has 25 heavy (non-hydrogen) atoms. The van der Waals surface area contributed by atoms with Crippen LogP contribution in [0.3, 0.4) is 0 Å². The number of pyridine rings is 2. The smallest absolute Gasteiger partial charge is 0.343 e. The highest BCUT2D eigenvalue weighted by molar-refractivity contribution is 6.29. The first kappa shape index (κ1) is 17.0.